The predicted octanol–water partition coefficient (Wildman–Crippen LogP) is 2.42. The first-order valence-electron chi connectivity index (χ1n) is 6.62. The first kappa shape index (κ1) is 16.5. The molecule has 0 aliphatic carbocycles. The van der Waals surface area contributed by atoms with E-state index in [2.05, 4.69) is 0 Å². The van der Waals surface area contributed by atoms with Gasteiger partial charge in [0.05, 0.1) is 0 Å². The molecule has 1 unspecified atom stereocenters. The molecule has 1 amide bonds. The highest BCUT2D eigenvalue weighted by Gasteiger charge is 2.11. The van der Waals surface area contributed by atoms with Crippen LogP contribution in [0, 0.1) is 0 Å². The van der Waals surface area contributed by atoms with Crippen molar-refractivity contribution in [3.63, 3.8) is 0 Å². The van der Waals surface area contributed by atoms with Crippen molar-refractivity contribution >= 4 is 18.0 Å². The van der Waals surface area contributed by atoms with Crippen molar-refractivity contribution in [2.45, 2.75) is 26.6 Å². The summed E-state index contributed by atoms with van der Waals surface area (Å²) in [5.41, 5.74) is 5.84. The van der Waals surface area contributed by atoms with Gasteiger partial charge in [0.2, 0.25) is 12.2 Å². The molecule has 0 aliphatic rings. The third-order valence-corrected chi connectivity index (χ3v) is 2.47. The van der Waals surface area contributed by atoms with E-state index in [1.807, 2.05) is 6.92 Å². The smallest absolute Gasteiger partial charge is 0.333 e. The highest BCUT2D eigenvalue weighted by molar-refractivity contribution is 5.90. The van der Waals surface area contributed by atoms with Crippen LogP contribution in [0.1, 0.15) is 25.8 Å². The van der Waals surface area contributed by atoms with Crippen LogP contribution in [0.2, 0.25) is 0 Å². The average molecular weight is 289 g/mol. The minimum Gasteiger partial charge on any atom is -0.455 e. The van der Waals surface area contributed by atoms with Gasteiger partial charge in [-0.15, -0.1) is 0 Å². The summed E-state index contributed by atoms with van der Waals surface area (Å²) in [6, 6.07) is 7.00. The van der Waals surface area contributed by atoms with Crippen molar-refractivity contribution in [2.75, 3.05) is 0 Å². The van der Waals surface area contributed by atoms with E-state index in [9.17, 15) is 9.59 Å². The van der Waals surface area contributed by atoms with E-state index in [1.165, 1.54) is 12.2 Å². The number of rotatable bonds is 7. The molecule has 1 rings (SSSR count). The maximum absolute atomic E-state index is 11.4. The van der Waals surface area contributed by atoms with Crippen molar-refractivity contribution in [2.24, 2.45) is 5.73 Å². The van der Waals surface area contributed by atoms with Gasteiger partial charge in [0.1, 0.15) is 5.75 Å². The summed E-state index contributed by atoms with van der Waals surface area (Å²) >= 11 is 0. The molecule has 2 N–H and O–H groups in total. The molecule has 1 aromatic carbocycles. The van der Waals surface area contributed by atoms with Gasteiger partial charge in [-0.05, 0) is 30.7 Å². The number of ether oxygens (including phenoxy) is 2. The van der Waals surface area contributed by atoms with Crippen molar-refractivity contribution in [3.05, 3.63) is 48.1 Å². The van der Waals surface area contributed by atoms with E-state index in [4.69, 9.17) is 15.2 Å². The van der Waals surface area contributed by atoms with Gasteiger partial charge in [-0.3, -0.25) is 4.79 Å². The third kappa shape index (κ3) is 6.42. The molecule has 0 spiro atoms. The highest BCUT2D eigenvalue weighted by Crippen LogP contribution is 2.16. The van der Waals surface area contributed by atoms with Gasteiger partial charge < -0.3 is 15.2 Å². The van der Waals surface area contributed by atoms with Gasteiger partial charge in [0, 0.05) is 18.6 Å². The molecule has 0 aliphatic heterocycles. The van der Waals surface area contributed by atoms with Gasteiger partial charge in [0.15, 0.2) is 0 Å². The summed E-state index contributed by atoms with van der Waals surface area (Å²) in [5.74, 6) is -0.367. The molecule has 0 saturated heterocycles. The Morgan fingerprint density at radius 2 is 1.90 bits per heavy atom. The van der Waals surface area contributed by atoms with E-state index in [0.29, 0.717) is 12.2 Å². The molecule has 5 nitrogen and oxygen atoms in total. The molecular weight excluding hydrogens is 270 g/mol. The Balaban J connectivity index is 2.64. The number of nitrogens with two attached hydrogens (primary N) is 1. The summed E-state index contributed by atoms with van der Waals surface area (Å²) in [6.45, 7) is 3.60. The summed E-state index contributed by atoms with van der Waals surface area (Å²) in [6.07, 6.45) is 5.73. The number of allylic oxidation sites excluding steroid dienone is 1. The number of carbonyl (C=O) groups excluding carboxylic acids is 2. The fourth-order valence-electron chi connectivity index (χ4n) is 1.48. The third-order valence-electron chi connectivity index (χ3n) is 2.47. The molecular formula is C16H19NO4. The Labute approximate surface area is 124 Å². The molecule has 0 aromatic heterocycles. The lowest BCUT2D eigenvalue weighted by atomic mass is 10.2. The molecule has 0 saturated carbocycles. The van der Waals surface area contributed by atoms with Gasteiger partial charge in [-0.2, -0.15) is 0 Å². The SMILES string of the molecule is C/C=C/C(=O)OC(CC)Oc1ccc(/C=C/C(N)=O)cc1. The Kier molecular flexibility index (Phi) is 6.74. The van der Waals surface area contributed by atoms with E-state index in [1.54, 1.807) is 43.3 Å². The number of hydrogen-bond donors (Lipinski definition) is 1. The summed E-state index contributed by atoms with van der Waals surface area (Å²) in [7, 11) is 0. The number of amides is 1. The quantitative estimate of drug-likeness (QED) is 0.475. The molecule has 0 bridgehead atoms. The van der Waals surface area contributed by atoms with Crippen LogP contribution in [-0.2, 0) is 14.3 Å². The zero-order valence-corrected chi connectivity index (χ0v) is 12.1. The van der Waals surface area contributed by atoms with E-state index >= 15 is 0 Å². The van der Waals surface area contributed by atoms with Crippen molar-refractivity contribution < 1.29 is 19.1 Å². The minimum absolute atomic E-state index is 0.439. The first-order valence-corrected chi connectivity index (χ1v) is 6.62. The van der Waals surface area contributed by atoms with Crippen LogP contribution in [0.5, 0.6) is 5.75 Å². The Bertz CT molecular complexity index is 532. The minimum atomic E-state index is -0.638. The van der Waals surface area contributed by atoms with E-state index in [0.717, 1.165) is 5.56 Å². The zero-order valence-electron chi connectivity index (χ0n) is 12.1. The molecule has 5 heteroatoms. The average Bonchev–Trinajstić information content (AvgIpc) is 2.46. The number of hydrogen-bond acceptors (Lipinski definition) is 4. The number of primary amides is 1. The molecule has 112 valence electrons. The lowest BCUT2D eigenvalue weighted by Crippen LogP contribution is -2.22. The van der Waals surface area contributed by atoms with Crippen LogP contribution >= 0.6 is 0 Å². The van der Waals surface area contributed by atoms with Gasteiger partial charge in [-0.25, -0.2) is 4.79 Å². The van der Waals surface area contributed by atoms with Crippen molar-refractivity contribution in [1.82, 2.24) is 0 Å². The Morgan fingerprint density at radius 1 is 1.24 bits per heavy atom. The maximum Gasteiger partial charge on any atom is 0.333 e. The largest absolute Gasteiger partial charge is 0.455 e. The predicted molar refractivity (Wildman–Crippen MR) is 80.3 cm³/mol. The maximum atomic E-state index is 11.4. The summed E-state index contributed by atoms with van der Waals surface area (Å²) in [5, 5.41) is 0. The van der Waals surface area contributed by atoms with Crippen LogP contribution in [0.4, 0.5) is 0 Å². The Hall–Kier alpha value is -2.56. The molecule has 21 heavy (non-hydrogen) atoms. The van der Waals surface area contributed by atoms with Crippen LogP contribution in [0.15, 0.2) is 42.5 Å². The van der Waals surface area contributed by atoms with Crippen LogP contribution in [0.25, 0.3) is 6.08 Å². The van der Waals surface area contributed by atoms with Crippen molar-refractivity contribution in [3.8, 4) is 5.75 Å². The van der Waals surface area contributed by atoms with Gasteiger partial charge in [-0.1, -0.05) is 25.1 Å². The second-order valence-electron chi connectivity index (χ2n) is 4.20. The molecule has 0 fully saturated rings. The summed E-state index contributed by atoms with van der Waals surface area (Å²) < 4.78 is 10.7. The molecule has 0 radical (unpaired) electrons. The Morgan fingerprint density at radius 3 is 2.43 bits per heavy atom. The molecule has 1 aromatic rings. The van der Waals surface area contributed by atoms with Crippen LogP contribution < -0.4 is 10.5 Å². The standard InChI is InChI=1S/C16H19NO4/c1-3-5-15(19)21-16(4-2)20-13-9-6-12(7-10-13)8-11-14(17)18/h3,5-11,16H,4H2,1-2H3,(H2,17,18)/b5-3+,11-8+. The topological polar surface area (TPSA) is 78.6 Å². The van der Waals surface area contributed by atoms with Gasteiger partial charge in [0.25, 0.3) is 0 Å². The monoisotopic (exact) mass is 289 g/mol. The normalized spacial score (nSPS) is 12.5. The molecule has 1 atom stereocenters. The second-order valence-corrected chi connectivity index (χ2v) is 4.20. The highest BCUT2D eigenvalue weighted by atomic mass is 16.7. The lowest BCUT2D eigenvalue weighted by Gasteiger charge is -2.17. The second kappa shape index (κ2) is 8.58. The van der Waals surface area contributed by atoms with E-state index in [-0.39, 0.29) is 0 Å². The fourth-order valence-corrected chi connectivity index (χ4v) is 1.48. The first-order chi connectivity index (χ1) is 10.0. The fraction of sp³-hybridized carbons (Fsp3) is 0.250. The van der Waals surface area contributed by atoms with Crippen LogP contribution in [0.3, 0.4) is 0 Å². The number of esters is 1. The number of benzene rings is 1. The lowest BCUT2D eigenvalue weighted by molar-refractivity contribution is -0.157. The van der Waals surface area contributed by atoms with Gasteiger partial charge >= 0.3 is 5.97 Å². The van der Waals surface area contributed by atoms with Crippen LogP contribution in [-0.4, -0.2) is 18.2 Å². The molecule has 0 heterocycles. The summed E-state index contributed by atoms with van der Waals surface area (Å²) in [4.78, 5) is 22.0. The van der Waals surface area contributed by atoms with E-state index < -0.39 is 18.2 Å². The van der Waals surface area contributed by atoms with Crippen molar-refractivity contribution in [1.29, 1.82) is 0 Å². The zero-order chi connectivity index (χ0) is 15.7. The number of carbonyl (C=O) groups is 2.